The van der Waals surface area contributed by atoms with Crippen molar-refractivity contribution in [2.24, 2.45) is 0 Å². The summed E-state index contributed by atoms with van der Waals surface area (Å²) in [7, 11) is 0. The van der Waals surface area contributed by atoms with Crippen LogP contribution >= 0.6 is 0 Å². The van der Waals surface area contributed by atoms with Crippen LogP contribution in [0.4, 0.5) is 0 Å². The minimum absolute atomic E-state index is 0.0324. The van der Waals surface area contributed by atoms with Gasteiger partial charge in [0.15, 0.2) is 0 Å². The lowest BCUT2D eigenvalue weighted by atomic mass is 10.5. The van der Waals surface area contributed by atoms with Crippen LogP contribution in [0.5, 0.6) is 0 Å². The zero-order valence-corrected chi connectivity index (χ0v) is 6.39. The van der Waals surface area contributed by atoms with E-state index in [2.05, 4.69) is 10.6 Å². The number of nitrogens with one attached hydrogen (secondary N) is 2. The summed E-state index contributed by atoms with van der Waals surface area (Å²) in [5, 5.41) is 13.0. The third kappa shape index (κ3) is 6.79. The van der Waals surface area contributed by atoms with Gasteiger partial charge in [-0.3, -0.25) is 9.59 Å². The molecule has 0 rings (SSSR count). The highest BCUT2D eigenvalue weighted by Crippen LogP contribution is 1.64. The normalized spacial score (nSPS) is 8.91. The summed E-state index contributed by atoms with van der Waals surface area (Å²) in [6, 6.07) is 0. The SMILES string of the molecule is CC(=O)NCC(=O)NCCO. The number of aliphatic hydroxyl groups excluding tert-OH is 1. The van der Waals surface area contributed by atoms with Gasteiger partial charge in [-0.25, -0.2) is 0 Å². The molecule has 11 heavy (non-hydrogen) atoms. The maximum atomic E-state index is 10.7. The summed E-state index contributed by atoms with van der Waals surface area (Å²) in [6.45, 7) is 1.43. The van der Waals surface area contributed by atoms with Gasteiger partial charge in [0.05, 0.1) is 13.2 Å². The molecule has 0 atom stereocenters. The van der Waals surface area contributed by atoms with E-state index in [1.165, 1.54) is 6.92 Å². The molecular weight excluding hydrogens is 148 g/mol. The third-order valence-corrected chi connectivity index (χ3v) is 0.932. The number of hydrogen-bond donors (Lipinski definition) is 3. The molecule has 3 N–H and O–H groups in total. The molecule has 64 valence electrons. The van der Waals surface area contributed by atoms with Crippen molar-refractivity contribution in [3.05, 3.63) is 0 Å². The Morgan fingerprint density at radius 3 is 2.45 bits per heavy atom. The average molecular weight is 160 g/mol. The van der Waals surface area contributed by atoms with E-state index in [-0.39, 0.29) is 31.5 Å². The molecule has 0 unspecified atom stereocenters. The van der Waals surface area contributed by atoms with Crippen LogP contribution in [0.3, 0.4) is 0 Å². The molecule has 0 aromatic carbocycles. The predicted octanol–water partition coefficient (Wildman–Crippen LogP) is -1.77. The molecule has 0 fully saturated rings. The van der Waals surface area contributed by atoms with Crippen molar-refractivity contribution < 1.29 is 14.7 Å². The molecule has 2 amide bonds. The standard InChI is InChI=1S/C6H12N2O3/c1-5(10)8-4-6(11)7-2-3-9/h9H,2-4H2,1H3,(H,7,11)(H,8,10). The number of rotatable bonds is 4. The van der Waals surface area contributed by atoms with Crippen LogP contribution in [0.25, 0.3) is 0 Å². The van der Waals surface area contributed by atoms with E-state index in [0.29, 0.717) is 0 Å². The van der Waals surface area contributed by atoms with Crippen LogP contribution in [-0.4, -0.2) is 36.6 Å². The molecule has 0 aliphatic heterocycles. The van der Waals surface area contributed by atoms with Crippen LogP contribution in [0, 0.1) is 0 Å². The fourth-order valence-electron chi connectivity index (χ4n) is 0.463. The number of hydrogen-bond acceptors (Lipinski definition) is 3. The van der Waals surface area contributed by atoms with Crippen LogP contribution in [0.1, 0.15) is 6.92 Å². The Bertz CT molecular complexity index is 147. The Labute approximate surface area is 64.8 Å². The number of aliphatic hydroxyl groups is 1. The van der Waals surface area contributed by atoms with Gasteiger partial charge in [0.2, 0.25) is 11.8 Å². The van der Waals surface area contributed by atoms with Crippen molar-refractivity contribution in [2.45, 2.75) is 6.92 Å². The Morgan fingerprint density at radius 1 is 1.36 bits per heavy atom. The highest BCUT2D eigenvalue weighted by molar-refractivity contribution is 5.83. The smallest absolute Gasteiger partial charge is 0.239 e. The van der Waals surface area contributed by atoms with Crippen LogP contribution in [0.15, 0.2) is 0 Å². The zero-order chi connectivity index (χ0) is 8.69. The molecule has 0 bridgehead atoms. The molecule has 0 aliphatic rings. The number of carbonyl (C=O) groups is 2. The molecule has 5 heteroatoms. The van der Waals surface area contributed by atoms with Crippen molar-refractivity contribution in [1.82, 2.24) is 10.6 Å². The van der Waals surface area contributed by atoms with Gasteiger partial charge in [0, 0.05) is 13.5 Å². The van der Waals surface area contributed by atoms with Gasteiger partial charge in [-0.1, -0.05) is 0 Å². The Kier molecular flexibility index (Phi) is 5.10. The monoisotopic (exact) mass is 160 g/mol. The fraction of sp³-hybridized carbons (Fsp3) is 0.667. The molecule has 0 heterocycles. The summed E-state index contributed by atoms with van der Waals surface area (Å²) in [6.07, 6.45) is 0. The fourth-order valence-corrected chi connectivity index (χ4v) is 0.463. The molecule has 0 aliphatic carbocycles. The highest BCUT2D eigenvalue weighted by atomic mass is 16.3. The largest absolute Gasteiger partial charge is 0.395 e. The van der Waals surface area contributed by atoms with Gasteiger partial charge in [0.25, 0.3) is 0 Å². The van der Waals surface area contributed by atoms with Crippen molar-refractivity contribution in [2.75, 3.05) is 19.7 Å². The summed E-state index contributed by atoms with van der Waals surface area (Å²) < 4.78 is 0. The molecule has 0 saturated heterocycles. The summed E-state index contributed by atoms with van der Waals surface area (Å²) in [5.74, 6) is -0.543. The van der Waals surface area contributed by atoms with Gasteiger partial charge in [-0.2, -0.15) is 0 Å². The Hall–Kier alpha value is -1.10. The van der Waals surface area contributed by atoms with E-state index in [1.807, 2.05) is 0 Å². The van der Waals surface area contributed by atoms with E-state index in [9.17, 15) is 9.59 Å². The first kappa shape index (κ1) is 9.90. The summed E-state index contributed by atoms with van der Waals surface area (Å²) in [4.78, 5) is 21.0. The van der Waals surface area contributed by atoms with Crippen molar-refractivity contribution >= 4 is 11.8 Å². The second-order valence-electron chi connectivity index (χ2n) is 1.98. The molecule has 0 aromatic heterocycles. The van der Waals surface area contributed by atoms with Crippen molar-refractivity contribution in [3.63, 3.8) is 0 Å². The molecule has 0 aromatic rings. The van der Waals surface area contributed by atoms with E-state index in [0.717, 1.165) is 0 Å². The topological polar surface area (TPSA) is 78.4 Å². The highest BCUT2D eigenvalue weighted by Gasteiger charge is 1.99. The predicted molar refractivity (Wildman–Crippen MR) is 38.8 cm³/mol. The first-order valence-electron chi connectivity index (χ1n) is 3.29. The molecule has 0 spiro atoms. The first-order valence-corrected chi connectivity index (χ1v) is 3.29. The number of carbonyl (C=O) groups excluding carboxylic acids is 2. The quantitative estimate of drug-likeness (QED) is 0.455. The minimum Gasteiger partial charge on any atom is -0.395 e. The van der Waals surface area contributed by atoms with Crippen molar-refractivity contribution in [1.29, 1.82) is 0 Å². The molecular formula is C6H12N2O3. The van der Waals surface area contributed by atoms with Gasteiger partial charge in [-0.05, 0) is 0 Å². The van der Waals surface area contributed by atoms with Gasteiger partial charge in [0.1, 0.15) is 0 Å². The second-order valence-corrected chi connectivity index (χ2v) is 1.98. The van der Waals surface area contributed by atoms with E-state index in [1.54, 1.807) is 0 Å². The van der Waals surface area contributed by atoms with Gasteiger partial charge in [-0.15, -0.1) is 0 Å². The Morgan fingerprint density at radius 2 is 2.00 bits per heavy atom. The van der Waals surface area contributed by atoms with Gasteiger partial charge < -0.3 is 15.7 Å². The maximum Gasteiger partial charge on any atom is 0.239 e. The van der Waals surface area contributed by atoms with E-state index in [4.69, 9.17) is 5.11 Å². The maximum absolute atomic E-state index is 10.7. The summed E-state index contributed by atoms with van der Waals surface area (Å²) >= 11 is 0. The van der Waals surface area contributed by atoms with E-state index >= 15 is 0 Å². The van der Waals surface area contributed by atoms with Crippen LogP contribution in [-0.2, 0) is 9.59 Å². The van der Waals surface area contributed by atoms with Crippen molar-refractivity contribution in [3.8, 4) is 0 Å². The lowest BCUT2D eigenvalue weighted by molar-refractivity contribution is -0.125. The molecule has 0 radical (unpaired) electrons. The summed E-state index contributed by atoms with van der Waals surface area (Å²) in [5.41, 5.74) is 0. The molecule has 5 nitrogen and oxygen atoms in total. The van der Waals surface area contributed by atoms with Crippen LogP contribution in [0.2, 0.25) is 0 Å². The second kappa shape index (κ2) is 5.67. The third-order valence-electron chi connectivity index (χ3n) is 0.932. The van der Waals surface area contributed by atoms with E-state index < -0.39 is 0 Å². The zero-order valence-electron chi connectivity index (χ0n) is 6.39. The lowest BCUT2D eigenvalue weighted by Gasteiger charge is -2.02. The van der Waals surface area contributed by atoms with Crippen LogP contribution < -0.4 is 10.6 Å². The molecule has 0 saturated carbocycles. The lowest BCUT2D eigenvalue weighted by Crippen LogP contribution is -2.37. The Balaban J connectivity index is 3.30. The minimum atomic E-state index is -0.297. The van der Waals surface area contributed by atoms with Gasteiger partial charge >= 0.3 is 0 Å². The first-order chi connectivity index (χ1) is 5.16. The number of amides is 2. The average Bonchev–Trinajstić information content (AvgIpc) is 1.97.